The molecule has 0 heterocycles. The Morgan fingerprint density at radius 2 is 1.56 bits per heavy atom. The average Bonchev–Trinajstić information content (AvgIpc) is 2.22. The molecule has 2 N–H and O–H groups in total. The largest absolute Gasteiger partial charge is 0.396 e. The third-order valence-electron chi connectivity index (χ3n) is 2.28. The summed E-state index contributed by atoms with van der Waals surface area (Å²) in [6, 6.07) is 5.44. The van der Waals surface area contributed by atoms with Gasteiger partial charge in [0.2, 0.25) is 0 Å². The van der Waals surface area contributed by atoms with Crippen molar-refractivity contribution in [3.05, 3.63) is 28.2 Å². The monoisotopic (exact) mass is 261 g/mol. The summed E-state index contributed by atoms with van der Waals surface area (Å²) in [5.74, 6) is 0. The van der Waals surface area contributed by atoms with Crippen LogP contribution in [0.2, 0.25) is 10.0 Å². The molecule has 90 valence electrons. The van der Waals surface area contributed by atoms with E-state index >= 15 is 0 Å². The first-order chi connectivity index (χ1) is 7.72. The highest BCUT2D eigenvalue weighted by atomic mass is 35.5. The lowest BCUT2D eigenvalue weighted by Crippen LogP contribution is -2.01. The Kier molecular flexibility index (Phi) is 6.62. The van der Waals surface area contributed by atoms with E-state index in [0.29, 0.717) is 10.0 Å². The van der Waals surface area contributed by atoms with Gasteiger partial charge in [-0.25, -0.2) is 0 Å². The SMILES string of the molecule is OCCCCCCNc1cc(Cl)cc(Cl)c1. The Labute approximate surface area is 107 Å². The molecule has 0 amide bonds. The molecule has 0 bridgehead atoms. The number of anilines is 1. The second-order valence-electron chi connectivity index (χ2n) is 3.72. The maximum atomic E-state index is 8.62. The molecular weight excluding hydrogens is 245 g/mol. The number of halogens is 2. The first-order valence-corrected chi connectivity index (χ1v) is 6.29. The van der Waals surface area contributed by atoms with Gasteiger partial charge in [0.15, 0.2) is 0 Å². The molecule has 0 aromatic heterocycles. The first-order valence-electron chi connectivity index (χ1n) is 5.53. The third-order valence-corrected chi connectivity index (χ3v) is 2.71. The zero-order valence-corrected chi connectivity index (χ0v) is 10.7. The molecule has 16 heavy (non-hydrogen) atoms. The average molecular weight is 262 g/mol. The Balaban J connectivity index is 2.21. The van der Waals surface area contributed by atoms with Gasteiger partial charge in [-0.2, -0.15) is 0 Å². The molecule has 1 aromatic carbocycles. The number of aliphatic hydroxyl groups excluding tert-OH is 1. The van der Waals surface area contributed by atoms with Crippen molar-refractivity contribution >= 4 is 28.9 Å². The van der Waals surface area contributed by atoms with Gasteiger partial charge in [-0.3, -0.25) is 0 Å². The highest BCUT2D eigenvalue weighted by Crippen LogP contribution is 2.22. The summed E-state index contributed by atoms with van der Waals surface area (Å²) in [6.45, 7) is 1.19. The van der Waals surface area contributed by atoms with Gasteiger partial charge in [-0.15, -0.1) is 0 Å². The van der Waals surface area contributed by atoms with Gasteiger partial charge >= 0.3 is 0 Å². The van der Waals surface area contributed by atoms with Crippen LogP contribution in [-0.4, -0.2) is 18.3 Å². The van der Waals surface area contributed by atoms with E-state index in [1.54, 1.807) is 6.07 Å². The summed E-state index contributed by atoms with van der Waals surface area (Å²) in [6.07, 6.45) is 4.18. The molecule has 0 spiro atoms. The summed E-state index contributed by atoms with van der Waals surface area (Å²) in [5.41, 5.74) is 0.958. The number of nitrogens with one attached hydrogen (secondary N) is 1. The van der Waals surface area contributed by atoms with E-state index in [9.17, 15) is 0 Å². The van der Waals surface area contributed by atoms with Crippen LogP contribution in [0.25, 0.3) is 0 Å². The van der Waals surface area contributed by atoms with Gasteiger partial charge in [-0.05, 0) is 31.0 Å². The van der Waals surface area contributed by atoms with Gasteiger partial charge < -0.3 is 10.4 Å². The fourth-order valence-electron chi connectivity index (χ4n) is 1.48. The zero-order chi connectivity index (χ0) is 11.8. The number of hydrogen-bond acceptors (Lipinski definition) is 2. The summed E-state index contributed by atoms with van der Waals surface area (Å²) in [4.78, 5) is 0. The summed E-state index contributed by atoms with van der Waals surface area (Å²) >= 11 is 11.8. The topological polar surface area (TPSA) is 32.3 Å². The highest BCUT2D eigenvalue weighted by molar-refractivity contribution is 6.35. The third kappa shape index (κ3) is 5.59. The second kappa shape index (κ2) is 7.77. The van der Waals surface area contributed by atoms with Gasteiger partial charge in [-0.1, -0.05) is 36.0 Å². The van der Waals surface area contributed by atoms with Crippen LogP contribution in [0.15, 0.2) is 18.2 Å². The van der Waals surface area contributed by atoms with Crippen LogP contribution >= 0.6 is 23.2 Å². The normalized spacial score (nSPS) is 10.4. The van der Waals surface area contributed by atoms with Crippen molar-refractivity contribution in [3.63, 3.8) is 0 Å². The molecule has 2 nitrogen and oxygen atoms in total. The van der Waals surface area contributed by atoms with E-state index in [0.717, 1.165) is 37.9 Å². The van der Waals surface area contributed by atoms with E-state index < -0.39 is 0 Å². The molecule has 0 aliphatic rings. The van der Waals surface area contributed by atoms with Gasteiger partial charge in [0, 0.05) is 28.9 Å². The smallest absolute Gasteiger partial charge is 0.0441 e. The van der Waals surface area contributed by atoms with Crippen LogP contribution in [0, 0.1) is 0 Å². The van der Waals surface area contributed by atoms with Crippen LogP contribution in [0.1, 0.15) is 25.7 Å². The van der Waals surface area contributed by atoms with E-state index in [1.807, 2.05) is 12.1 Å². The van der Waals surface area contributed by atoms with Crippen molar-refractivity contribution in [1.29, 1.82) is 0 Å². The molecule has 0 saturated carbocycles. The first kappa shape index (κ1) is 13.6. The number of hydrogen-bond donors (Lipinski definition) is 2. The highest BCUT2D eigenvalue weighted by Gasteiger charge is 1.97. The Hall–Kier alpha value is -0.440. The number of rotatable bonds is 7. The second-order valence-corrected chi connectivity index (χ2v) is 4.60. The van der Waals surface area contributed by atoms with Crippen molar-refractivity contribution in [1.82, 2.24) is 0 Å². The predicted octanol–water partition coefficient (Wildman–Crippen LogP) is 3.96. The number of benzene rings is 1. The lowest BCUT2D eigenvalue weighted by Gasteiger charge is -2.07. The Morgan fingerprint density at radius 3 is 2.19 bits per heavy atom. The van der Waals surface area contributed by atoms with Crippen LogP contribution < -0.4 is 5.32 Å². The zero-order valence-electron chi connectivity index (χ0n) is 9.18. The summed E-state index contributed by atoms with van der Waals surface area (Å²) in [7, 11) is 0. The van der Waals surface area contributed by atoms with Crippen LogP contribution in [0.3, 0.4) is 0 Å². The Morgan fingerprint density at radius 1 is 0.938 bits per heavy atom. The number of aliphatic hydroxyl groups is 1. The minimum atomic E-state index is 0.289. The van der Waals surface area contributed by atoms with Crippen molar-refractivity contribution in [2.75, 3.05) is 18.5 Å². The number of unbranched alkanes of at least 4 members (excludes halogenated alkanes) is 3. The van der Waals surface area contributed by atoms with Crippen LogP contribution in [-0.2, 0) is 0 Å². The van der Waals surface area contributed by atoms with Crippen molar-refractivity contribution in [3.8, 4) is 0 Å². The molecule has 1 aromatic rings. The quantitative estimate of drug-likeness (QED) is 0.729. The molecule has 0 saturated heterocycles. The Bertz CT molecular complexity index is 298. The summed E-state index contributed by atoms with van der Waals surface area (Å²) in [5, 5.41) is 13.2. The van der Waals surface area contributed by atoms with Gasteiger partial charge in [0.1, 0.15) is 0 Å². The fourth-order valence-corrected chi connectivity index (χ4v) is 2.01. The minimum absolute atomic E-state index is 0.289. The van der Waals surface area contributed by atoms with Crippen LogP contribution in [0.4, 0.5) is 5.69 Å². The predicted molar refractivity (Wildman–Crippen MR) is 70.5 cm³/mol. The van der Waals surface area contributed by atoms with E-state index in [2.05, 4.69) is 5.32 Å². The van der Waals surface area contributed by atoms with Crippen molar-refractivity contribution < 1.29 is 5.11 Å². The molecule has 0 radical (unpaired) electrons. The molecule has 0 aliphatic carbocycles. The summed E-state index contributed by atoms with van der Waals surface area (Å²) < 4.78 is 0. The molecule has 0 fully saturated rings. The van der Waals surface area contributed by atoms with Crippen molar-refractivity contribution in [2.24, 2.45) is 0 Å². The molecule has 0 aliphatic heterocycles. The van der Waals surface area contributed by atoms with Crippen LogP contribution in [0.5, 0.6) is 0 Å². The van der Waals surface area contributed by atoms with Gasteiger partial charge in [0.25, 0.3) is 0 Å². The lowest BCUT2D eigenvalue weighted by atomic mass is 10.2. The molecular formula is C12H17Cl2NO. The molecule has 1 rings (SSSR count). The fraction of sp³-hybridized carbons (Fsp3) is 0.500. The molecule has 4 heteroatoms. The van der Waals surface area contributed by atoms with E-state index in [1.165, 1.54) is 0 Å². The molecule has 0 atom stereocenters. The minimum Gasteiger partial charge on any atom is -0.396 e. The van der Waals surface area contributed by atoms with Crippen molar-refractivity contribution in [2.45, 2.75) is 25.7 Å². The standard InChI is InChI=1S/C12H17Cl2NO/c13-10-7-11(14)9-12(8-10)15-5-3-1-2-4-6-16/h7-9,15-16H,1-6H2. The van der Waals surface area contributed by atoms with E-state index in [-0.39, 0.29) is 6.61 Å². The lowest BCUT2D eigenvalue weighted by molar-refractivity contribution is 0.283. The maximum absolute atomic E-state index is 8.62. The van der Waals surface area contributed by atoms with E-state index in [4.69, 9.17) is 28.3 Å². The molecule has 0 unspecified atom stereocenters. The maximum Gasteiger partial charge on any atom is 0.0441 e. The van der Waals surface area contributed by atoms with Gasteiger partial charge in [0.05, 0.1) is 0 Å².